The van der Waals surface area contributed by atoms with Gasteiger partial charge in [-0.1, -0.05) is 30.3 Å². The van der Waals surface area contributed by atoms with Crippen molar-refractivity contribution in [2.75, 3.05) is 18.5 Å². The van der Waals surface area contributed by atoms with Crippen LogP contribution in [0.3, 0.4) is 0 Å². The van der Waals surface area contributed by atoms with Crippen molar-refractivity contribution in [3.05, 3.63) is 77.1 Å². The summed E-state index contributed by atoms with van der Waals surface area (Å²) in [5.41, 5.74) is 3.80. The predicted molar refractivity (Wildman–Crippen MR) is 124 cm³/mol. The third-order valence-corrected chi connectivity index (χ3v) is 4.73. The summed E-state index contributed by atoms with van der Waals surface area (Å²) in [7, 11) is 1.74. The third kappa shape index (κ3) is 5.85. The highest BCUT2D eigenvalue weighted by atomic mass is 16.5. The summed E-state index contributed by atoms with van der Waals surface area (Å²) in [5, 5.41) is 7.03. The maximum absolute atomic E-state index is 12.4. The average molecular weight is 434 g/mol. The van der Waals surface area contributed by atoms with Crippen LogP contribution in [0.25, 0.3) is 6.08 Å². The van der Waals surface area contributed by atoms with E-state index in [1.54, 1.807) is 42.1 Å². The fourth-order valence-corrected chi connectivity index (χ4v) is 3.16. The van der Waals surface area contributed by atoms with E-state index in [2.05, 4.69) is 10.4 Å². The van der Waals surface area contributed by atoms with Crippen LogP contribution in [0.15, 0.2) is 54.6 Å². The molecule has 0 bridgehead atoms. The van der Waals surface area contributed by atoms with Crippen molar-refractivity contribution >= 4 is 23.5 Å². The summed E-state index contributed by atoms with van der Waals surface area (Å²) in [6, 6.07) is 14.6. The summed E-state index contributed by atoms with van der Waals surface area (Å²) >= 11 is 0. The van der Waals surface area contributed by atoms with E-state index >= 15 is 0 Å². The van der Waals surface area contributed by atoms with E-state index in [-0.39, 0.29) is 18.3 Å². The molecule has 0 saturated heterocycles. The number of anilines is 1. The predicted octanol–water partition coefficient (Wildman–Crippen LogP) is 4.35. The Balaban J connectivity index is 1.67. The highest BCUT2D eigenvalue weighted by Crippen LogP contribution is 2.29. The number of carbonyl (C=O) groups is 2. The number of rotatable bonds is 9. The van der Waals surface area contributed by atoms with Gasteiger partial charge in [-0.2, -0.15) is 5.10 Å². The van der Waals surface area contributed by atoms with Crippen LogP contribution in [0.2, 0.25) is 0 Å². The van der Waals surface area contributed by atoms with Gasteiger partial charge in [0.05, 0.1) is 12.3 Å². The summed E-state index contributed by atoms with van der Waals surface area (Å²) in [5.74, 6) is 0.557. The Bertz CT molecular complexity index is 1150. The van der Waals surface area contributed by atoms with Gasteiger partial charge in [-0.05, 0) is 62.2 Å². The fraction of sp³-hybridized carbons (Fsp3) is 0.240. The Hall–Kier alpha value is -3.87. The van der Waals surface area contributed by atoms with Gasteiger partial charge in [-0.15, -0.1) is 0 Å². The van der Waals surface area contributed by atoms with Gasteiger partial charge >= 0.3 is 0 Å². The first-order chi connectivity index (χ1) is 15.4. The molecule has 7 heteroatoms. The molecule has 1 aromatic heterocycles. The molecule has 3 rings (SSSR count). The average Bonchev–Trinajstić information content (AvgIpc) is 3.11. The molecular formula is C25H27N3O4. The maximum Gasteiger partial charge on any atom is 0.262 e. The van der Waals surface area contributed by atoms with Gasteiger partial charge in [0.15, 0.2) is 18.1 Å². The number of ketones is 1. The van der Waals surface area contributed by atoms with Gasteiger partial charge in [0, 0.05) is 12.7 Å². The Kier molecular flexibility index (Phi) is 7.44. The number of amides is 1. The molecule has 0 saturated carbocycles. The van der Waals surface area contributed by atoms with Crippen molar-refractivity contribution in [2.24, 2.45) is 7.05 Å². The molecule has 0 radical (unpaired) electrons. The molecule has 1 N–H and O–H groups in total. The minimum atomic E-state index is -0.261. The topological polar surface area (TPSA) is 82.4 Å². The zero-order valence-electron chi connectivity index (χ0n) is 18.7. The summed E-state index contributed by atoms with van der Waals surface area (Å²) in [6.07, 6.45) is 3.21. The van der Waals surface area contributed by atoms with E-state index < -0.39 is 0 Å². The highest BCUT2D eigenvalue weighted by molar-refractivity contribution is 6.05. The lowest BCUT2D eigenvalue weighted by Gasteiger charge is -2.13. The second-order valence-electron chi connectivity index (χ2n) is 7.28. The lowest BCUT2D eigenvalue weighted by atomic mass is 10.1. The molecule has 1 heterocycles. The Labute approximate surface area is 187 Å². The standard InChI is InChI=1S/C25H27N3O4/c1-5-31-24-15-19(10-12-22(29)21-14-18(3)27-28(21)4)11-13-23(24)32-16-25(30)26-20-9-7-6-8-17(20)2/h6-15H,5,16H2,1-4H3,(H,26,30)/b12-10+. The number of para-hydroxylation sites is 1. The number of allylic oxidation sites excluding steroid dienone is 1. The van der Waals surface area contributed by atoms with Crippen LogP contribution in [-0.2, 0) is 11.8 Å². The van der Waals surface area contributed by atoms with Crippen molar-refractivity contribution in [3.8, 4) is 11.5 Å². The van der Waals surface area contributed by atoms with Gasteiger partial charge in [0.2, 0.25) is 5.78 Å². The zero-order chi connectivity index (χ0) is 23.1. The van der Waals surface area contributed by atoms with E-state index in [4.69, 9.17) is 9.47 Å². The van der Waals surface area contributed by atoms with Crippen molar-refractivity contribution in [2.45, 2.75) is 20.8 Å². The molecule has 0 aliphatic heterocycles. The van der Waals surface area contributed by atoms with E-state index in [0.717, 1.165) is 22.5 Å². The molecule has 0 fully saturated rings. The first kappa shape index (κ1) is 22.8. The highest BCUT2D eigenvalue weighted by Gasteiger charge is 2.11. The molecule has 166 valence electrons. The van der Waals surface area contributed by atoms with Gasteiger partial charge in [-0.25, -0.2) is 0 Å². The summed E-state index contributed by atoms with van der Waals surface area (Å²) in [6.45, 7) is 5.92. The molecule has 0 aliphatic rings. The first-order valence-corrected chi connectivity index (χ1v) is 10.4. The molecule has 1 amide bonds. The molecule has 0 spiro atoms. The fourth-order valence-electron chi connectivity index (χ4n) is 3.16. The van der Waals surface area contributed by atoms with E-state index in [1.165, 1.54) is 6.08 Å². The van der Waals surface area contributed by atoms with E-state index in [1.807, 2.05) is 45.0 Å². The SMILES string of the molecule is CCOc1cc(/C=C/C(=O)c2cc(C)nn2C)ccc1OCC(=O)Nc1ccccc1C. The zero-order valence-corrected chi connectivity index (χ0v) is 18.7. The monoisotopic (exact) mass is 433 g/mol. The van der Waals surface area contributed by atoms with Gasteiger partial charge in [-0.3, -0.25) is 14.3 Å². The smallest absolute Gasteiger partial charge is 0.262 e. The number of hydrogen-bond donors (Lipinski definition) is 1. The number of aryl methyl sites for hydroxylation is 3. The summed E-state index contributed by atoms with van der Waals surface area (Å²) < 4.78 is 12.9. The molecule has 0 atom stereocenters. The molecule has 3 aromatic rings. The quantitative estimate of drug-likeness (QED) is 0.401. The van der Waals surface area contributed by atoms with Gasteiger partial charge < -0.3 is 14.8 Å². The van der Waals surface area contributed by atoms with Crippen LogP contribution >= 0.6 is 0 Å². The summed E-state index contributed by atoms with van der Waals surface area (Å²) in [4.78, 5) is 24.7. The Morgan fingerprint density at radius 2 is 1.84 bits per heavy atom. The molecule has 2 aromatic carbocycles. The second-order valence-corrected chi connectivity index (χ2v) is 7.28. The van der Waals surface area contributed by atoms with Crippen LogP contribution in [0, 0.1) is 13.8 Å². The number of nitrogens with one attached hydrogen (secondary N) is 1. The third-order valence-electron chi connectivity index (χ3n) is 4.73. The normalized spacial score (nSPS) is 10.9. The minimum Gasteiger partial charge on any atom is -0.490 e. The van der Waals surface area contributed by atoms with Crippen molar-refractivity contribution in [3.63, 3.8) is 0 Å². The molecule has 7 nitrogen and oxygen atoms in total. The first-order valence-electron chi connectivity index (χ1n) is 10.4. The number of aromatic nitrogens is 2. The Morgan fingerprint density at radius 3 is 2.53 bits per heavy atom. The maximum atomic E-state index is 12.4. The Morgan fingerprint density at radius 1 is 1.06 bits per heavy atom. The van der Waals surface area contributed by atoms with Gasteiger partial charge in [0.25, 0.3) is 5.91 Å². The minimum absolute atomic E-state index is 0.140. The van der Waals surface area contributed by atoms with Crippen LogP contribution in [0.5, 0.6) is 11.5 Å². The van der Waals surface area contributed by atoms with Crippen LogP contribution < -0.4 is 14.8 Å². The number of hydrogen-bond acceptors (Lipinski definition) is 5. The largest absolute Gasteiger partial charge is 0.490 e. The number of benzene rings is 2. The molecule has 32 heavy (non-hydrogen) atoms. The molecular weight excluding hydrogens is 406 g/mol. The molecule has 0 aliphatic carbocycles. The second kappa shape index (κ2) is 10.4. The lowest BCUT2D eigenvalue weighted by Crippen LogP contribution is -2.20. The van der Waals surface area contributed by atoms with Crippen molar-refractivity contribution < 1.29 is 19.1 Å². The van der Waals surface area contributed by atoms with Crippen molar-refractivity contribution in [1.82, 2.24) is 9.78 Å². The van der Waals surface area contributed by atoms with E-state index in [9.17, 15) is 9.59 Å². The van der Waals surface area contributed by atoms with Crippen LogP contribution in [0.4, 0.5) is 5.69 Å². The number of ether oxygens (including phenoxy) is 2. The van der Waals surface area contributed by atoms with Crippen LogP contribution in [0.1, 0.15) is 34.2 Å². The lowest BCUT2D eigenvalue weighted by molar-refractivity contribution is -0.118. The molecule has 0 unspecified atom stereocenters. The van der Waals surface area contributed by atoms with E-state index in [0.29, 0.717) is 23.8 Å². The number of carbonyl (C=O) groups excluding carboxylic acids is 2. The number of nitrogens with zero attached hydrogens (tertiary/aromatic N) is 2. The van der Waals surface area contributed by atoms with Crippen molar-refractivity contribution in [1.29, 1.82) is 0 Å². The van der Waals surface area contributed by atoms with Gasteiger partial charge in [0.1, 0.15) is 5.69 Å². The van der Waals surface area contributed by atoms with Crippen LogP contribution in [-0.4, -0.2) is 34.7 Å².